The van der Waals surface area contributed by atoms with Gasteiger partial charge in [0.15, 0.2) is 0 Å². The lowest BCUT2D eigenvalue weighted by atomic mass is 10.1. The molecule has 0 aromatic heterocycles. The number of hydrogen-bond acceptors (Lipinski definition) is 2. The second-order valence-corrected chi connectivity index (χ2v) is 5.50. The molecule has 1 atom stereocenters. The molecule has 1 unspecified atom stereocenters. The Labute approximate surface area is 115 Å². The smallest absolute Gasteiger partial charge is 0.129 e. The lowest BCUT2D eigenvalue weighted by Gasteiger charge is -2.10. The fraction of sp³-hybridized carbons (Fsp3) is 0.625. The van der Waals surface area contributed by atoms with Crippen LogP contribution in [-0.2, 0) is 11.3 Å². The number of ether oxygens (including phenoxy) is 1. The zero-order valence-corrected chi connectivity index (χ0v) is 12.0. The molecule has 3 heteroatoms. The van der Waals surface area contributed by atoms with E-state index in [9.17, 15) is 4.39 Å². The van der Waals surface area contributed by atoms with Crippen LogP contribution in [0.4, 0.5) is 4.39 Å². The second-order valence-electron chi connectivity index (χ2n) is 5.50. The van der Waals surface area contributed by atoms with Gasteiger partial charge < -0.3 is 10.1 Å². The number of benzene rings is 1. The minimum atomic E-state index is -0.0814. The van der Waals surface area contributed by atoms with E-state index in [1.807, 2.05) is 26.0 Å². The summed E-state index contributed by atoms with van der Waals surface area (Å²) in [5.74, 6) is -0.0814. The van der Waals surface area contributed by atoms with Gasteiger partial charge in [0.25, 0.3) is 0 Å². The first-order valence-corrected chi connectivity index (χ1v) is 7.25. The van der Waals surface area contributed by atoms with E-state index in [1.54, 1.807) is 0 Å². The fourth-order valence-corrected chi connectivity index (χ4v) is 2.70. The van der Waals surface area contributed by atoms with Gasteiger partial charge in [-0.15, -0.1) is 0 Å². The van der Waals surface area contributed by atoms with Gasteiger partial charge in [0.1, 0.15) is 5.82 Å². The minimum Gasteiger partial charge on any atom is -0.378 e. The fourth-order valence-electron chi connectivity index (χ4n) is 2.70. The van der Waals surface area contributed by atoms with Crippen molar-refractivity contribution in [3.8, 4) is 0 Å². The maximum Gasteiger partial charge on any atom is 0.129 e. The van der Waals surface area contributed by atoms with Gasteiger partial charge in [0, 0.05) is 13.2 Å². The topological polar surface area (TPSA) is 21.3 Å². The lowest BCUT2D eigenvalue weighted by Crippen LogP contribution is -2.17. The van der Waals surface area contributed by atoms with Crippen LogP contribution in [0.15, 0.2) is 12.1 Å². The standard InChI is InChI=1S/C16H24FNO/c1-12-9-14(10-13(2)16(12)17)11-18-7-3-5-15-6-4-8-19-15/h9-10,15,18H,3-8,11H2,1-2H3. The van der Waals surface area contributed by atoms with E-state index in [1.165, 1.54) is 12.8 Å². The average molecular weight is 265 g/mol. The average Bonchev–Trinajstić information content (AvgIpc) is 2.88. The van der Waals surface area contributed by atoms with Crippen LogP contribution >= 0.6 is 0 Å². The Morgan fingerprint density at radius 3 is 2.68 bits per heavy atom. The molecule has 1 aliphatic rings. The summed E-state index contributed by atoms with van der Waals surface area (Å²) < 4.78 is 19.1. The van der Waals surface area contributed by atoms with E-state index >= 15 is 0 Å². The number of halogens is 1. The Hall–Kier alpha value is -0.930. The third-order valence-electron chi connectivity index (χ3n) is 3.73. The predicted molar refractivity (Wildman–Crippen MR) is 75.8 cm³/mol. The van der Waals surface area contributed by atoms with E-state index in [0.29, 0.717) is 6.10 Å². The van der Waals surface area contributed by atoms with Crippen LogP contribution in [0.5, 0.6) is 0 Å². The van der Waals surface area contributed by atoms with Gasteiger partial charge in [0.05, 0.1) is 6.10 Å². The summed E-state index contributed by atoms with van der Waals surface area (Å²) in [4.78, 5) is 0. The summed E-state index contributed by atoms with van der Waals surface area (Å²) in [5.41, 5.74) is 2.63. The van der Waals surface area contributed by atoms with Crippen LogP contribution < -0.4 is 5.32 Å². The molecule has 0 aliphatic carbocycles. The maximum absolute atomic E-state index is 13.5. The Kier molecular flexibility index (Phi) is 5.34. The molecular weight excluding hydrogens is 241 g/mol. The van der Waals surface area contributed by atoms with Gasteiger partial charge in [-0.05, 0) is 62.8 Å². The summed E-state index contributed by atoms with van der Waals surface area (Å²) in [7, 11) is 0. The van der Waals surface area contributed by atoms with Crippen molar-refractivity contribution >= 4 is 0 Å². The van der Waals surface area contributed by atoms with E-state index in [0.717, 1.165) is 49.2 Å². The first-order valence-electron chi connectivity index (χ1n) is 7.25. The highest BCUT2D eigenvalue weighted by atomic mass is 19.1. The summed E-state index contributed by atoms with van der Waals surface area (Å²) in [6.07, 6.45) is 5.21. The number of rotatable bonds is 6. The molecule has 1 aromatic rings. The van der Waals surface area contributed by atoms with Gasteiger partial charge in [-0.25, -0.2) is 4.39 Å². The monoisotopic (exact) mass is 265 g/mol. The maximum atomic E-state index is 13.5. The van der Waals surface area contributed by atoms with Crippen molar-refractivity contribution in [2.45, 2.75) is 52.2 Å². The van der Waals surface area contributed by atoms with Gasteiger partial charge in [0.2, 0.25) is 0 Å². The molecule has 0 radical (unpaired) electrons. The van der Waals surface area contributed by atoms with Crippen LogP contribution in [-0.4, -0.2) is 19.3 Å². The van der Waals surface area contributed by atoms with Crippen LogP contribution in [0.1, 0.15) is 42.4 Å². The number of hydrogen-bond donors (Lipinski definition) is 1. The van der Waals surface area contributed by atoms with E-state index in [2.05, 4.69) is 5.32 Å². The van der Waals surface area contributed by atoms with Gasteiger partial charge in [-0.3, -0.25) is 0 Å². The molecule has 1 aliphatic heterocycles. The van der Waals surface area contributed by atoms with E-state index in [-0.39, 0.29) is 5.82 Å². The molecule has 106 valence electrons. The molecule has 1 N–H and O–H groups in total. The van der Waals surface area contributed by atoms with E-state index in [4.69, 9.17) is 4.74 Å². The van der Waals surface area contributed by atoms with Crippen LogP contribution in [0, 0.1) is 19.7 Å². The van der Waals surface area contributed by atoms with Crippen molar-refractivity contribution in [2.24, 2.45) is 0 Å². The van der Waals surface area contributed by atoms with Crippen LogP contribution in [0.2, 0.25) is 0 Å². The Morgan fingerprint density at radius 2 is 2.05 bits per heavy atom. The summed E-state index contributed by atoms with van der Waals surface area (Å²) in [5, 5.41) is 3.42. The lowest BCUT2D eigenvalue weighted by molar-refractivity contribution is 0.102. The quantitative estimate of drug-likeness (QED) is 0.795. The molecule has 2 nitrogen and oxygen atoms in total. The molecule has 1 aromatic carbocycles. The predicted octanol–water partition coefficient (Wildman–Crippen LogP) is 3.49. The van der Waals surface area contributed by atoms with Crippen molar-refractivity contribution in [1.82, 2.24) is 5.32 Å². The van der Waals surface area contributed by atoms with Crippen LogP contribution in [0.25, 0.3) is 0 Å². The molecule has 0 saturated carbocycles. The van der Waals surface area contributed by atoms with Crippen molar-refractivity contribution in [3.05, 3.63) is 34.6 Å². The molecule has 19 heavy (non-hydrogen) atoms. The summed E-state index contributed by atoms with van der Waals surface area (Å²) in [6.45, 7) is 6.39. The van der Waals surface area contributed by atoms with Gasteiger partial charge in [-0.2, -0.15) is 0 Å². The highest BCUT2D eigenvalue weighted by Crippen LogP contribution is 2.17. The summed E-state index contributed by atoms with van der Waals surface area (Å²) >= 11 is 0. The molecule has 1 saturated heterocycles. The minimum absolute atomic E-state index is 0.0814. The van der Waals surface area contributed by atoms with Crippen LogP contribution in [0.3, 0.4) is 0 Å². The van der Waals surface area contributed by atoms with Gasteiger partial charge in [-0.1, -0.05) is 12.1 Å². The third kappa shape index (κ3) is 4.29. The normalized spacial score (nSPS) is 19.0. The zero-order valence-electron chi connectivity index (χ0n) is 12.0. The van der Waals surface area contributed by atoms with Crippen molar-refractivity contribution < 1.29 is 9.13 Å². The molecule has 0 amide bonds. The van der Waals surface area contributed by atoms with E-state index < -0.39 is 0 Å². The zero-order chi connectivity index (χ0) is 13.7. The first-order chi connectivity index (χ1) is 9.16. The molecule has 0 bridgehead atoms. The second kappa shape index (κ2) is 7.01. The molecule has 1 heterocycles. The SMILES string of the molecule is Cc1cc(CNCCCC2CCCO2)cc(C)c1F. The molecular formula is C16H24FNO. The van der Waals surface area contributed by atoms with Gasteiger partial charge >= 0.3 is 0 Å². The highest BCUT2D eigenvalue weighted by molar-refractivity contribution is 5.30. The Morgan fingerprint density at radius 1 is 1.32 bits per heavy atom. The number of aryl methyl sites for hydroxylation is 2. The Bertz CT molecular complexity index is 390. The van der Waals surface area contributed by atoms with Crippen molar-refractivity contribution in [3.63, 3.8) is 0 Å². The molecule has 2 rings (SSSR count). The largest absolute Gasteiger partial charge is 0.378 e. The van der Waals surface area contributed by atoms with Crippen molar-refractivity contribution in [2.75, 3.05) is 13.2 Å². The molecule has 1 fully saturated rings. The molecule has 0 spiro atoms. The summed E-state index contributed by atoms with van der Waals surface area (Å²) in [6, 6.07) is 3.85. The number of nitrogens with one attached hydrogen (secondary N) is 1. The Balaban J connectivity index is 1.67. The highest BCUT2D eigenvalue weighted by Gasteiger charge is 2.14. The first kappa shape index (κ1) is 14.5. The third-order valence-corrected chi connectivity index (χ3v) is 3.73. The van der Waals surface area contributed by atoms with Crippen molar-refractivity contribution in [1.29, 1.82) is 0 Å².